The lowest BCUT2D eigenvalue weighted by Crippen LogP contribution is -2.45. The van der Waals surface area contributed by atoms with Crippen LogP contribution in [0.2, 0.25) is 0 Å². The van der Waals surface area contributed by atoms with Crippen LogP contribution in [-0.4, -0.2) is 35.0 Å². The molecule has 0 bridgehead atoms. The Morgan fingerprint density at radius 3 is 2.78 bits per heavy atom. The fourth-order valence-electron chi connectivity index (χ4n) is 3.43. The van der Waals surface area contributed by atoms with Crippen LogP contribution in [0, 0.1) is 5.41 Å². The van der Waals surface area contributed by atoms with Crippen molar-refractivity contribution in [2.75, 3.05) is 13.1 Å². The van der Waals surface area contributed by atoms with Crippen LogP contribution in [0.4, 0.5) is 18.0 Å². The fraction of sp³-hybridized carbons (Fsp3) is 0.600. The molecule has 2 amide bonds. The Balaban J connectivity index is 1.62. The lowest BCUT2D eigenvalue weighted by molar-refractivity contribution is -0.138. The van der Waals surface area contributed by atoms with Crippen LogP contribution in [0.25, 0.3) is 0 Å². The SMILES string of the molecule is NC1CN(C(=O)NCc2cnccc2C(F)(F)F)CC12CCC2. The number of likely N-dealkylation sites (tertiary alicyclic amines) is 1. The van der Waals surface area contributed by atoms with Gasteiger partial charge in [-0.1, -0.05) is 6.42 Å². The first kappa shape index (κ1) is 16.0. The summed E-state index contributed by atoms with van der Waals surface area (Å²) >= 11 is 0. The number of rotatable bonds is 2. The summed E-state index contributed by atoms with van der Waals surface area (Å²) in [6.07, 6.45) is 0.903. The minimum absolute atomic E-state index is 0.0166. The van der Waals surface area contributed by atoms with E-state index in [0.717, 1.165) is 37.7 Å². The molecule has 0 aromatic carbocycles. The van der Waals surface area contributed by atoms with Gasteiger partial charge in [-0.05, 0) is 18.9 Å². The first-order valence-corrected chi connectivity index (χ1v) is 7.60. The van der Waals surface area contributed by atoms with Gasteiger partial charge in [0.1, 0.15) is 0 Å². The van der Waals surface area contributed by atoms with E-state index in [2.05, 4.69) is 10.3 Å². The highest BCUT2D eigenvalue weighted by Gasteiger charge is 2.49. The van der Waals surface area contributed by atoms with Crippen molar-refractivity contribution in [3.05, 3.63) is 29.6 Å². The number of amides is 2. The van der Waals surface area contributed by atoms with E-state index in [1.54, 1.807) is 4.90 Å². The van der Waals surface area contributed by atoms with Crippen LogP contribution in [0.1, 0.15) is 30.4 Å². The molecule has 5 nitrogen and oxygen atoms in total. The predicted octanol–water partition coefficient (Wildman–Crippen LogP) is 2.12. The zero-order valence-corrected chi connectivity index (χ0v) is 12.6. The minimum Gasteiger partial charge on any atom is -0.334 e. The molecular weight excluding hydrogens is 309 g/mol. The maximum absolute atomic E-state index is 12.9. The molecule has 1 aromatic heterocycles. The Morgan fingerprint density at radius 1 is 1.48 bits per heavy atom. The van der Waals surface area contributed by atoms with E-state index in [0.29, 0.717) is 13.1 Å². The highest BCUT2D eigenvalue weighted by Crippen LogP contribution is 2.47. The lowest BCUT2D eigenvalue weighted by Gasteiger charge is -2.41. The highest BCUT2D eigenvalue weighted by atomic mass is 19.4. The summed E-state index contributed by atoms with van der Waals surface area (Å²) in [4.78, 5) is 17.5. The quantitative estimate of drug-likeness (QED) is 0.873. The van der Waals surface area contributed by atoms with Crippen molar-refractivity contribution in [1.29, 1.82) is 0 Å². The zero-order chi connectivity index (χ0) is 16.7. The summed E-state index contributed by atoms with van der Waals surface area (Å²) in [5.74, 6) is 0. The van der Waals surface area contributed by atoms with E-state index in [1.165, 1.54) is 0 Å². The molecule has 1 spiro atoms. The third kappa shape index (κ3) is 2.99. The van der Waals surface area contributed by atoms with Crippen molar-refractivity contribution in [2.24, 2.45) is 11.1 Å². The number of urea groups is 1. The number of hydrogen-bond donors (Lipinski definition) is 2. The third-order valence-corrected chi connectivity index (χ3v) is 4.99. The number of aromatic nitrogens is 1. The molecule has 1 unspecified atom stereocenters. The van der Waals surface area contributed by atoms with Crippen molar-refractivity contribution in [2.45, 2.75) is 38.0 Å². The Kier molecular flexibility index (Phi) is 3.95. The van der Waals surface area contributed by atoms with Crippen molar-refractivity contribution < 1.29 is 18.0 Å². The van der Waals surface area contributed by atoms with Crippen LogP contribution in [0.5, 0.6) is 0 Å². The molecular formula is C15H19F3N4O. The topological polar surface area (TPSA) is 71.2 Å². The smallest absolute Gasteiger partial charge is 0.334 e. The average molecular weight is 328 g/mol. The van der Waals surface area contributed by atoms with Gasteiger partial charge in [0.05, 0.1) is 5.56 Å². The Bertz CT molecular complexity index is 601. The standard InChI is InChI=1S/C15H19F3N4O/c16-15(17,18)11-2-5-20-6-10(11)7-21-13(23)22-8-12(19)14(9-22)3-1-4-14/h2,5-6,12H,1,3-4,7-9,19H2,(H,21,23). The van der Waals surface area contributed by atoms with E-state index >= 15 is 0 Å². The second kappa shape index (κ2) is 5.67. The van der Waals surface area contributed by atoms with Gasteiger partial charge in [-0.25, -0.2) is 4.79 Å². The molecule has 23 heavy (non-hydrogen) atoms. The molecule has 1 saturated carbocycles. The molecule has 1 aliphatic carbocycles. The number of pyridine rings is 1. The Morgan fingerprint density at radius 2 is 2.22 bits per heavy atom. The molecule has 0 radical (unpaired) electrons. The Hall–Kier alpha value is -1.83. The minimum atomic E-state index is -4.46. The summed E-state index contributed by atoms with van der Waals surface area (Å²) in [6.45, 7) is 0.824. The molecule has 3 N–H and O–H groups in total. The van der Waals surface area contributed by atoms with Gasteiger partial charge in [-0.15, -0.1) is 0 Å². The molecule has 2 aliphatic rings. The molecule has 3 rings (SSSR count). The molecule has 8 heteroatoms. The van der Waals surface area contributed by atoms with E-state index in [-0.39, 0.29) is 29.6 Å². The van der Waals surface area contributed by atoms with Crippen LogP contribution in [-0.2, 0) is 12.7 Å². The molecule has 2 heterocycles. The van der Waals surface area contributed by atoms with Crippen LogP contribution in [0.3, 0.4) is 0 Å². The second-order valence-electron chi connectivity index (χ2n) is 6.39. The van der Waals surface area contributed by atoms with E-state index in [1.807, 2.05) is 0 Å². The van der Waals surface area contributed by atoms with E-state index in [9.17, 15) is 18.0 Å². The molecule has 126 valence electrons. The van der Waals surface area contributed by atoms with Gasteiger partial charge in [0.25, 0.3) is 0 Å². The average Bonchev–Trinajstić information content (AvgIpc) is 2.82. The van der Waals surface area contributed by atoms with Gasteiger partial charge >= 0.3 is 12.2 Å². The number of alkyl halides is 3. The van der Waals surface area contributed by atoms with Crippen LogP contribution < -0.4 is 11.1 Å². The van der Waals surface area contributed by atoms with Gasteiger partial charge < -0.3 is 16.0 Å². The van der Waals surface area contributed by atoms with Crippen molar-refractivity contribution in [3.63, 3.8) is 0 Å². The van der Waals surface area contributed by atoms with Crippen molar-refractivity contribution in [1.82, 2.24) is 15.2 Å². The normalized spacial score (nSPS) is 23.0. The first-order valence-electron chi connectivity index (χ1n) is 7.60. The first-order chi connectivity index (χ1) is 10.8. The predicted molar refractivity (Wildman–Crippen MR) is 77.3 cm³/mol. The third-order valence-electron chi connectivity index (χ3n) is 4.99. The van der Waals surface area contributed by atoms with Gasteiger partial charge in [-0.2, -0.15) is 13.2 Å². The summed E-state index contributed by atoms with van der Waals surface area (Å²) in [5.41, 5.74) is 5.31. The number of hydrogen-bond acceptors (Lipinski definition) is 3. The summed E-state index contributed by atoms with van der Waals surface area (Å²) < 4.78 is 38.7. The molecule has 1 saturated heterocycles. The van der Waals surface area contributed by atoms with E-state index in [4.69, 9.17) is 5.73 Å². The molecule has 1 aliphatic heterocycles. The fourth-order valence-corrected chi connectivity index (χ4v) is 3.43. The van der Waals surface area contributed by atoms with Gasteiger partial charge in [0, 0.05) is 49.0 Å². The Labute approximate surface area is 132 Å². The zero-order valence-electron chi connectivity index (χ0n) is 12.6. The highest BCUT2D eigenvalue weighted by molar-refractivity contribution is 5.74. The second-order valence-corrected chi connectivity index (χ2v) is 6.39. The van der Waals surface area contributed by atoms with Crippen LogP contribution in [0.15, 0.2) is 18.5 Å². The van der Waals surface area contributed by atoms with Crippen molar-refractivity contribution >= 4 is 6.03 Å². The van der Waals surface area contributed by atoms with Gasteiger partial charge in [0.2, 0.25) is 0 Å². The number of nitrogens with one attached hydrogen (secondary N) is 1. The summed E-state index contributed by atoms with van der Waals surface area (Å²) in [7, 11) is 0. The number of carbonyl (C=O) groups excluding carboxylic acids is 1. The van der Waals surface area contributed by atoms with Crippen molar-refractivity contribution in [3.8, 4) is 0 Å². The molecule has 1 atom stereocenters. The lowest BCUT2D eigenvalue weighted by atomic mass is 9.66. The van der Waals surface area contributed by atoms with Crippen LogP contribution >= 0.6 is 0 Å². The number of carbonyl (C=O) groups is 1. The molecule has 1 aromatic rings. The maximum atomic E-state index is 12.9. The molecule has 2 fully saturated rings. The van der Waals surface area contributed by atoms with E-state index < -0.39 is 11.7 Å². The number of nitrogens with zero attached hydrogens (tertiary/aromatic N) is 2. The summed E-state index contributed by atoms with van der Waals surface area (Å²) in [5, 5.41) is 2.55. The largest absolute Gasteiger partial charge is 0.416 e. The number of nitrogens with two attached hydrogens (primary N) is 1. The van der Waals surface area contributed by atoms with Gasteiger partial charge in [0.15, 0.2) is 0 Å². The summed E-state index contributed by atoms with van der Waals surface area (Å²) in [6, 6.07) is 0.490. The maximum Gasteiger partial charge on any atom is 0.416 e. The van der Waals surface area contributed by atoms with Gasteiger partial charge in [-0.3, -0.25) is 4.98 Å². The number of halogens is 3. The monoisotopic (exact) mass is 328 g/mol.